The topological polar surface area (TPSA) is 92.9 Å². The van der Waals surface area contributed by atoms with Gasteiger partial charge in [0, 0.05) is 6.42 Å². The minimum Gasteiger partial charge on any atom is -0.490 e. The van der Waals surface area contributed by atoms with Crippen LogP contribution >= 0.6 is 0 Å². The summed E-state index contributed by atoms with van der Waals surface area (Å²) in [7, 11) is 0. The number of ether oxygens (including phenoxy) is 1. The van der Waals surface area contributed by atoms with Gasteiger partial charge in [0.15, 0.2) is 0 Å². The lowest BCUT2D eigenvalue weighted by molar-refractivity contribution is -0.137. The summed E-state index contributed by atoms with van der Waals surface area (Å²) in [6.45, 7) is 0.838. The number of hydrogen-bond donors (Lipinski definition) is 2. The molecule has 1 aromatic carbocycles. The fourth-order valence-corrected chi connectivity index (χ4v) is 2.00. The van der Waals surface area contributed by atoms with Gasteiger partial charge in [0.05, 0.1) is 18.3 Å². The van der Waals surface area contributed by atoms with E-state index in [0.29, 0.717) is 24.6 Å². The lowest BCUT2D eigenvalue weighted by Crippen LogP contribution is -2.47. The van der Waals surface area contributed by atoms with Crippen molar-refractivity contribution in [1.82, 2.24) is 0 Å². The van der Waals surface area contributed by atoms with Gasteiger partial charge >= 0.3 is 5.97 Å². The Morgan fingerprint density at radius 2 is 2.16 bits per heavy atom. The molecule has 6 nitrogen and oxygen atoms in total. The molecular weight excluding hydrogens is 248 g/mol. The summed E-state index contributed by atoms with van der Waals surface area (Å²) in [5.74, 6) is -0.574. The molecule has 2 rings (SSSR count). The molecule has 1 aliphatic heterocycles. The second kappa shape index (κ2) is 5.71. The number of anilines is 1. The highest BCUT2D eigenvalue weighted by Crippen LogP contribution is 2.31. The average Bonchev–Trinajstić information content (AvgIpc) is 2.43. The van der Waals surface area contributed by atoms with E-state index in [0.717, 1.165) is 0 Å². The van der Waals surface area contributed by atoms with E-state index >= 15 is 0 Å². The van der Waals surface area contributed by atoms with Crippen LogP contribution in [0.25, 0.3) is 0 Å². The standard InChI is InChI=1S/C13H16N2O4/c14-9(5-6-12(16)17)13(18)15-7-8-19-11-4-2-1-3-10(11)15/h1-4,9H,5-8,14H2,(H,16,17). The van der Waals surface area contributed by atoms with Gasteiger partial charge in [0.1, 0.15) is 12.4 Å². The minimum absolute atomic E-state index is 0.112. The number of aliphatic carboxylic acids is 1. The molecule has 102 valence electrons. The molecule has 3 N–H and O–H groups in total. The lowest BCUT2D eigenvalue weighted by atomic mass is 10.1. The van der Waals surface area contributed by atoms with Gasteiger partial charge in [-0.15, -0.1) is 0 Å². The Bertz CT molecular complexity index is 489. The van der Waals surface area contributed by atoms with Gasteiger partial charge in [-0.3, -0.25) is 9.59 Å². The van der Waals surface area contributed by atoms with E-state index in [4.69, 9.17) is 15.6 Å². The molecular formula is C13H16N2O4. The number of nitrogens with two attached hydrogens (primary N) is 1. The van der Waals surface area contributed by atoms with Crippen molar-refractivity contribution < 1.29 is 19.4 Å². The van der Waals surface area contributed by atoms with Crippen molar-refractivity contribution >= 4 is 17.6 Å². The summed E-state index contributed by atoms with van der Waals surface area (Å²) in [5.41, 5.74) is 6.44. The molecule has 1 amide bonds. The molecule has 0 aromatic heterocycles. The summed E-state index contributed by atoms with van der Waals surface area (Å²) in [5, 5.41) is 8.61. The number of benzene rings is 1. The van der Waals surface area contributed by atoms with Crippen LogP contribution in [0.1, 0.15) is 12.8 Å². The zero-order chi connectivity index (χ0) is 13.8. The number of fused-ring (bicyclic) bond motifs is 1. The second-order valence-corrected chi connectivity index (χ2v) is 4.34. The number of hydrogen-bond acceptors (Lipinski definition) is 4. The van der Waals surface area contributed by atoms with Gasteiger partial charge in [-0.2, -0.15) is 0 Å². The number of rotatable bonds is 4. The molecule has 0 spiro atoms. The third-order valence-corrected chi connectivity index (χ3v) is 2.98. The predicted molar refractivity (Wildman–Crippen MR) is 69.1 cm³/mol. The smallest absolute Gasteiger partial charge is 0.303 e. The normalized spacial score (nSPS) is 15.3. The summed E-state index contributed by atoms with van der Waals surface area (Å²) in [4.78, 5) is 24.3. The Kier molecular flexibility index (Phi) is 4.01. The summed E-state index contributed by atoms with van der Waals surface area (Å²) >= 11 is 0. The van der Waals surface area contributed by atoms with Crippen LogP contribution in [-0.4, -0.2) is 36.2 Å². The van der Waals surface area contributed by atoms with Crippen molar-refractivity contribution in [1.29, 1.82) is 0 Å². The molecule has 0 saturated carbocycles. The molecule has 0 radical (unpaired) electrons. The highest BCUT2D eigenvalue weighted by Gasteiger charge is 2.27. The molecule has 1 atom stereocenters. The summed E-state index contributed by atoms with van der Waals surface area (Å²) in [6.07, 6.45) is 0.0204. The number of carbonyl (C=O) groups is 2. The largest absolute Gasteiger partial charge is 0.490 e. The van der Waals surface area contributed by atoms with Crippen LogP contribution in [0.15, 0.2) is 24.3 Å². The van der Waals surface area contributed by atoms with Gasteiger partial charge in [-0.05, 0) is 18.6 Å². The number of para-hydroxylation sites is 2. The van der Waals surface area contributed by atoms with Crippen molar-refractivity contribution in [2.45, 2.75) is 18.9 Å². The van der Waals surface area contributed by atoms with E-state index in [1.165, 1.54) is 0 Å². The first-order valence-electron chi connectivity index (χ1n) is 6.10. The highest BCUT2D eigenvalue weighted by molar-refractivity contribution is 5.98. The molecule has 1 aromatic rings. The van der Waals surface area contributed by atoms with Gasteiger partial charge in [0.2, 0.25) is 5.91 Å². The molecule has 19 heavy (non-hydrogen) atoms. The number of carboxylic acid groups (broad SMARTS) is 1. The van der Waals surface area contributed by atoms with Crippen molar-refractivity contribution in [3.63, 3.8) is 0 Å². The first kappa shape index (κ1) is 13.4. The maximum Gasteiger partial charge on any atom is 0.303 e. The van der Waals surface area contributed by atoms with Crippen LogP contribution in [0.4, 0.5) is 5.69 Å². The van der Waals surface area contributed by atoms with Crippen LogP contribution in [-0.2, 0) is 9.59 Å². The number of carboxylic acids is 1. The molecule has 0 fully saturated rings. The SMILES string of the molecule is NC(CCC(=O)O)C(=O)N1CCOc2ccccc21. The van der Waals surface area contributed by atoms with Crippen LogP contribution in [0.2, 0.25) is 0 Å². The monoisotopic (exact) mass is 264 g/mol. The average molecular weight is 264 g/mol. The Balaban J connectivity index is 2.10. The molecule has 0 saturated heterocycles. The van der Waals surface area contributed by atoms with Gasteiger partial charge in [-0.25, -0.2) is 0 Å². The Labute approximate surface area is 110 Å². The maximum absolute atomic E-state index is 12.2. The van der Waals surface area contributed by atoms with E-state index in [1.54, 1.807) is 17.0 Å². The van der Waals surface area contributed by atoms with Crippen molar-refractivity contribution in [3.8, 4) is 5.75 Å². The number of carbonyl (C=O) groups excluding carboxylic acids is 1. The van der Waals surface area contributed by atoms with E-state index in [1.807, 2.05) is 12.1 Å². The second-order valence-electron chi connectivity index (χ2n) is 4.34. The van der Waals surface area contributed by atoms with Crippen molar-refractivity contribution in [2.75, 3.05) is 18.1 Å². The van der Waals surface area contributed by atoms with Crippen LogP contribution in [0, 0.1) is 0 Å². The van der Waals surface area contributed by atoms with Crippen LogP contribution in [0.5, 0.6) is 5.75 Å². The van der Waals surface area contributed by atoms with Crippen LogP contribution < -0.4 is 15.4 Å². The first-order valence-corrected chi connectivity index (χ1v) is 6.10. The molecule has 1 unspecified atom stereocenters. The third kappa shape index (κ3) is 3.03. The van der Waals surface area contributed by atoms with Crippen molar-refractivity contribution in [2.24, 2.45) is 5.73 Å². The molecule has 6 heteroatoms. The van der Waals surface area contributed by atoms with Crippen LogP contribution in [0.3, 0.4) is 0 Å². The molecule has 0 aliphatic carbocycles. The zero-order valence-electron chi connectivity index (χ0n) is 10.4. The van der Waals surface area contributed by atoms with E-state index in [2.05, 4.69) is 0 Å². The maximum atomic E-state index is 12.2. The van der Waals surface area contributed by atoms with Gasteiger partial charge in [0.25, 0.3) is 0 Å². The molecule has 1 aliphatic rings. The fraction of sp³-hybridized carbons (Fsp3) is 0.385. The predicted octanol–water partition coefficient (Wildman–Crippen LogP) is 0.604. The zero-order valence-corrected chi connectivity index (χ0v) is 10.4. The number of nitrogens with zero attached hydrogens (tertiary/aromatic N) is 1. The van der Waals surface area contributed by atoms with Crippen molar-refractivity contribution in [3.05, 3.63) is 24.3 Å². The van der Waals surface area contributed by atoms with Gasteiger partial charge in [-0.1, -0.05) is 12.1 Å². The highest BCUT2D eigenvalue weighted by atomic mass is 16.5. The van der Waals surface area contributed by atoms with E-state index in [9.17, 15) is 9.59 Å². The summed E-state index contributed by atoms with van der Waals surface area (Å²) in [6, 6.07) is 6.42. The lowest BCUT2D eigenvalue weighted by Gasteiger charge is -2.31. The molecule has 0 bridgehead atoms. The first-order chi connectivity index (χ1) is 9.09. The van der Waals surface area contributed by atoms with Gasteiger partial charge < -0.3 is 20.5 Å². The quantitative estimate of drug-likeness (QED) is 0.830. The fourth-order valence-electron chi connectivity index (χ4n) is 2.00. The van der Waals surface area contributed by atoms with E-state index < -0.39 is 12.0 Å². The minimum atomic E-state index is -0.953. The van der Waals surface area contributed by atoms with E-state index in [-0.39, 0.29) is 18.7 Å². The summed E-state index contributed by atoms with van der Waals surface area (Å²) < 4.78 is 5.45. The third-order valence-electron chi connectivity index (χ3n) is 2.98. The Hall–Kier alpha value is -2.08. The Morgan fingerprint density at radius 3 is 2.89 bits per heavy atom. The number of amides is 1. The Morgan fingerprint density at radius 1 is 1.42 bits per heavy atom. The molecule has 1 heterocycles.